The van der Waals surface area contributed by atoms with Gasteiger partial charge in [-0.2, -0.15) is 0 Å². The Labute approximate surface area is 94.4 Å². The molecule has 0 unspecified atom stereocenters. The van der Waals surface area contributed by atoms with E-state index >= 15 is 0 Å². The van der Waals surface area contributed by atoms with E-state index in [1.165, 1.54) is 6.07 Å². The maximum Gasteiger partial charge on any atom is 0.217 e. The van der Waals surface area contributed by atoms with Crippen molar-refractivity contribution < 1.29 is 13.9 Å². The minimum Gasteiger partial charge on any atom is -0.377 e. The Morgan fingerprint density at radius 3 is 2.75 bits per heavy atom. The number of nitrogens with two attached hydrogens (primary N) is 1. The summed E-state index contributed by atoms with van der Waals surface area (Å²) in [6, 6.07) is 6.52. The molecule has 16 heavy (non-hydrogen) atoms. The second-order valence-electron chi connectivity index (χ2n) is 3.57. The van der Waals surface area contributed by atoms with E-state index in [1.54, 1.807) is 18.2 Å². The van der Waals surface area contributed by atoms with E-state index < -0.39 is 0 Å². The molecular weight excluding hydrogens is 209 g/mol. The summed E-state index contributed by atoms with van der Waals surface area (Å²) in [5.74, 6) is -0.547. The Balaban J connectivity index is 2.12. The molecule has 0 aliphatic heterocycles. The van der Waals surface area contributed by atoms with Crippen molar-refractivity contribution in [2.45, 2.75) is 25.9 Å². The molecule has 0 atom stereocenters. The summed E-state index contributed by atoms with van der Waals surface area (Å²) in [7, 11) is 0. The average molecular weight is 225 g/mol. The summed E-state index contributed by atoms with van der Waals surface area (Å²) in [5, 5.41) is 0. The van der Waals surface area contributed by atoms with Crippen molar-refractivity contribution in [1.82, 2.24) is 0 Å². The van der Waals surface area contributed by atoms with Gasteiger partial charge in [0.1, 0.15) is 5.82 Å². The third-order valence-electron chi connectivity index (χ3n) is 2.18. The van der Waals surface area contributed by atoms with E-state index in [0.29, 0.717) is 25.0 Å². The van der Waals surface area contributed by atoms with Crippen LogP contribution in [0.1, 0.15) is 24.8 Å². The molecule has 88 valence electrons. The van der Waals surface area contributed by atoms with Crippen LogP contribution in [0.25, 0.3) is 0 Å². The minimum absolute atomic E-state index is 0.250. The van der Waals surface area contributed by atoms with Crippen LogP contribution in [0.5, 0.6) is 0 Å². The van der Waals surface area contributed by atoms with E-state index in [1.807, 2.05) is 0 Å². The second kappa shape index (κ2) is 6.95. The molecule has 0 spiro atoms. The summed E-state index contributed by atoms with van der Waals surface area (Å²) in [6.07, 6.45) is 1.85. The van der Waals surface area contributed by atoms with Gasteiger partial charge in [0.25, 0.3) is 0 Å². The monoisotopic (exact) mass is 225 g/mol. The lowest BCUT2D eigenvalue weighted by atomic mass is 10.2. The first-order chi connectivity index (χ1) is 7.70. The summed E-state index contributed by atoms with van der Waals surface area (Å²) >= 11 is 0. The van der Waals surface area contributed by atoms with Gasteiger partial charge < -0.3 is 10.5 Å². The predicted octanol–water partition coefficient (Wildman–Crippen LogP) is 2.00. The molecule has 0 aliphatic rings. The molecule has 0 saturated heterocycles. The summed E-state index contributed by atoms with van der Waals surface area (Å²) in [5.41, 5.74) is 5.54. The van der Waals surface area contributed by atoms with Crippen molar-refractivity contribution in [2.75, 3.05) is 6.61 Å². The first kappa shape index (κ1) is 12.6. The minimum atomic E-state index is -0.297. The smallest absolute Gasteiger partial charge is 0.217 e. The van der Waals surface area contributed by atoms with Crippen molar-refractivity contribution in [3.05, 3.63) is 35.6 Å². The maximum atomic E-state index is 13.1. The van der Waals surface area contributed by atoms with Gasteiger partial charge in [-0.25, -0.2) is 4.39 Å². The molecule has 0 aliphatic carbocycles. The Morgan fingerprint density at radius 1 is 1.31 bits per heavy atom. The molecule has 1 amide bonds. The lowest BCUT2D eigenvalue weighted by Gasteiger charge is -2.04. The van der Waals surface area contributed by atoms with Gasteiger partial charge in [-0.15, -0.1) is 0 Å². The number of unbranched alkanes of at least 4 members (excludes halogenated alkanes) is 1. The largest absolute Gasteiger partial charge is 0.377 e. The molecule has 3 nitrogen and oxygen atoms in total. The first-order valence-electron chi connectivity index (χ1n) is 5.29. The van der Waals surface area contributed by atoms with E-state index in [9.17, 15) is 9.18 Å². The number of ether oxygens (including phenoxy) is 1. The zero-order valence-corrected chi connectivity index (χ0v) is 9.12. The number of carbonyl (C=O) groups excluding carboxylic acids is 1. The fourth-order valence-electron chi connectivity index (χ4n) is 1.30. The van der Waals surface area contributed by atoms with Crippen molar-refractivity contribution in [3.8, 4) is 0 Å². The van der Waals surface area contributed by atoms with Crippen molar-refractivity contribution in [3.63, 3.8) is 0 Å². The van der Waals surface area contributed by atoms with E-state index in [4.69, 9.17) is 10.5 Å². The summed E-state index contributed by atoms with van der Waals surface area (Å²) < 4.78 is 18.4. The van der Waals surface area contributed by atoms with Crippen LogP contribution < -0.4 is 5.73 Å². The Morgan fingerprint density at radius 2 is 2.06 bits per heavy atom. The van der Waals surface area contributed by atoms with Gasteiger partial charge in [0.05, 0.1) is 6.61 Å². The lowest BCUT2D eigenvalue weighted by molar-refractivity contribution is -0.118. The number of halogens is 1. The number of benzene rings is 1. The number of hydrogen-bond donors (Lipinski definition) is 1. The van der Waals surface area contributed by atoms with Crippen LogP contribution in [-0.4, -0.2) is 12.5 Å². The highest BCUT2D eigenvalue weighted by Gasteiger charge is 2.00. The quantitative estimate of drug-likeness (QED) is 0.721. The molecule has 0 saturated carbocycles. The highest BCUT2D eigenvalue weighted by Crippen LogP contribution is 2.08. The third kappa shape index (κ3) is 4.89. The zero-order valence-electron chi connectivity index (χ0n) is 9.12. The van der Waals surface area contributed by atoms with Crippen LogP contribution in [0, 0.1) is 5.82 Å². The first-order valence-corrected chi connectivity index (χ1v) is 5.29. The normalized spacial score (nSPS) is 10.3. The Kier molecular flexibility index (Phi) is 5.50. The topological polar surface area (TPSA) is 52.3 Å². The average Bonchev–Trinajstić information content (AvgIpc) is 2.25. The highest BCUT2D eigenvalue weighted by molar-refractivity contribution is 5.73. The number of rotatable bonds is 7. The lowest BCUT2D eigenvalue weighted by Crippen LogP contribution is -2.10. The molecule has 1 aromatic carbocycles. The molecular formula is C12H16FNO2. The fraction of sp³-hybridized carbons (Fsp3) is 0.417. The molecule has 2 N–H and O–H groups in total. The standard InChI is InChI=1S/C12H16FNO2/c13-11-6-2-1-5-10(11)9-16-8-4-3-7-12(14)15/h1-2,5-6H,3-4,7-9H2,(H2,14,15). The molecule has 1 rings (SSSR count). The van der Waals surface area contributed by atoms with E-state index in [0.717, 1.165) is 6.42 Å². The van der Waals surface area contributed by atoms with Gasteiger partial charge in [-0.3, -0.25) is 4.79 Å². The SMILES string of the molecule is NC(=O)CCCCOCc1ccccc1F. The maximum absolute atomic E-state index is 13.1. The van der Waals surface area contributed by atoms with Crippen LogP contribution in [0.3, 0.4) is 0 Å². The number of amides is 1. The van der Waals surface area contributed by atoms with E-state index in [2.05, 4.69) is 0 Å². The van der Waals surface area contributed by atoms with Crippen LogP contribution in [-0.2, 0) is 16.1 Å². The van der Waals surface area contributed by atoms with Gasteiger partial charge >= 0.3 is 0 Å². The van der Waals surface area contributed by atoms with Crippen LogP contribution in [0.15, 0.2) is 24.3 Å². The number of carbonyl (C=O) groups is 1. The molecule has 0 heterocycles. The highest BCUT2D eigenvalue weighted by atomic mass is 19.1. The molecule has 1 aromatic rings. The summed E-state index contributed by atoms with van der Waals surface area (Å²) in [4.78, 5) is 10.4. The molecule has 0 aromatic heterocycles. The van der Waals surface area contributed by atoms with E-state index in [-0.39, 0.29) is 18.3 Å². The van der Waals surface area contributed by atoms with Gasteiger partial charge in [0, 0.05) is 18.6 Å². The fourth-order valence-corrected chi connectivity index (χ4v) is 1.30. The Bertz CT molecular complexity index is 342. The van der Waals surface area contributed by atoms with Gasteiger partial charge in [0.2, 0.25) is 5.91 Å². The van der Waals surface area contributed by atoms with Gasteiger partial charge in [-0.05, 0) is 18.9 Å². The second-order valence-corrected chi connectivity index (χ2v) is 3.57. The number of hydrogen-bond acceptors (Lipinski definition) is 2. The summed E-state index contributed by atoms with van der Waals surface area (Å²) in [6.45, 7) is 0.783. The number of primary amides is 1. The van der Waals surface area contributed by atoms with Crippen LogP contribution in [0.2, 0.25) is 0 Å². The van der Waals surface area contributed by atoms with Crippen LogP contribution in [0.4, 0.5) is 4.39 Å². The van der Waals surface area contributed by atoms with Gasteiger partial charge in [-0.1, -0.05) is 18.2 Å². The van der Waals surface area contributed by atoms with Crippen molar-refractivity contribution >= 4 is 5.91 Å². The van der Waals surface area contributed by atoms with Crippen molar-refractivity contribution in [1.29, 1.82) is 0 Å². The third-order valence-corrected chi connectivity index (χ3v) is 2.18. The molecule has 0 bridgehead atoms. The van der Waals surface area contributed by atoms with Gasteiger partial charge in [0.15, 0.2) is 0 Å². The predicted molar refractivity (Wildman–Crippen MR) is 59.1 cm³/mol. The molecule has 0 fully saturated rings. The molecule has 0 radical (unpaired) electrons. The van der Waals surface area contributed by atoms with Crippen LogP contribution >= 0.6 is 0 Å². The zero-order chi connectivity index (χ0) is 11.8. The van der Waals surface area contributed by atoms with Crippen molar-refractivity contribution in [2.24, 2.45) is 5.73 Å². The Hall–Kier alpha value is -1.42. The molecule has 4 heteroatoms.